The number of hydrogen-bond donors (Lipinski definition) is 1. The van der Waals surface area contributed by atoms with Gasteiger partial charge in [0.2, 0.25) is 6.41 Å². The molecule has 1 N–H and O–H groups in total. The van der Waals surface area contributed by atoms with Crippen LogP contribution < -0.4 is 19.6 Å². The van der Waals surface area contributed by atoms with Gasteiger partial charge in [-0.05, 0) is 54.4 Å². The second kappa shape index (κ2) is 13.8. The van der Waals surface area contributed by atoms with Crippen LogP contribution in [-0.2, 0) is 22.5 Å². The van der Waals surface area contributed by atoms with Gasteiger partial charge in [-0.15, -0.1) is 5.10 Å². The number of fused-ring (bicyclic) bond motifs is 1. The van der Waals surface area contributed by atoms with Gasteiger partial charge in [0.25, 0.3) is 0 Å². The SMILES string of the molecule is COc1ccc([Si](C)(C)C(CCn2cc(CCO)nn2)[C@H]2Oc3ccc(N(C=O)c4ccccc4)cc3[C@@H](OC)[C@@H]2C)cc1. The van der Waals surface area contributed by atoms with E-state index in [2.05, 4.69) is 42.5 Å². The van der Waals surface area contributed by atoms with Crippen molar-refractivity contribution in [1.29, 1.82) is 0 Å². The number of anilines is 2. The van der Waals surface area contributed by atoms with Crippen LogP contribution in [0.4, 0.5) is 11.4 Å². The van der Waals surface area contributed by atoms with Crippen LogP contribution in [0, 0.1) is 5.92 Å². The molecule has 44 heavy (non-hydrogen) atoms. The van der Waals surface area contributed by atoms with Gasteiger partial charge >= 0.3 is 0 Å². The standard InChI is InChI=1S/C34H42N4O5Si/c1-24-33(42-3)30-21-27(38(23-40)26-9-7-6-8-10-26)11-16-31(30)43-34(24)32(17-19-37-22-25(18-20-39)35-36-37)44(4,5)29-14-12-28(41-2)13-15-29/h6-16,21-24,32-34,39H,17-20H2,1-5H3/t24-,32?,33-,34-/m0/s1. The van der Waals surface area contributed by atoms with Crippen molar-refractivity contribution in [3.05, 3.63) is 90.3 Å². The first-order valence-electron chi connectivity index (χ1n) is 15.1. The molecule has 9 nitrogen and oxygen atoms in total. The van der Waals surface area contributed by atoms with Crippen LogP contribution in [0.5, 0.6) is 11.5 Å². The molecule has 3 aromatic carbocycles. The third-order valence-corrected chi connectivity index (χ3v) is 13.3. The molecule has 5 rings (SSSR count). The number of aliphatic hydroxyl groups excluding tert-OH is 1. The maximum absolute atomic E-state index is 12.2. The Morgan fingerprint density at radius 3 is 2.48 bits per heavy atom. The van der Waals surface area contributed by atoms with E-state index in [9.17, 15) is 9.90 Å². The lowest BCUT2D eigenvalue weighted by Crippen LogP contribution is -2.54. The molecule has 10 heteroatoms. The van der Waals surface area contributed by atoms with Crippen LogP contribution in [0.2, 0.25) is 18.6 Å². The third-order valence-electron chi connectivity index (χ3n) is 9.01. The first-order chi connectivity index (χ1) is 21.3. The van der Waals surface area contributed by atoms with Crippen molar-refractivity contribution in [2.45, 2.75) is 57.2 Å². The molecular formula is C34H42N4O5Si. The van der Waals surface area contributed by atoms with Crippen LogP contribution in [0.3, 0.4) is 0 Å². The monoisotopic (exact) mass is 614 g/mol. The number of carbonyl (C=O) groups is 1. The van der Waals surface area contributed by atoms with E-state index in [1.54, 1.807) is 19.1 Å². The molecule has 1 aliphatic rings. The summed E-state index contributed by atoms with van der Waals surface area (Å²) in [6.45, 7) is 7.72. The molecule has 0 fully saturated rings. The van der Waals surface area contributed by atoms with Gasteiger partial charge < -0.3 is 19.3 Å². The lowest BCUT2D eigenvalue weighted by molar-refractivity contribution is -0.106. The Labute approximate surface area is 260 Å². The van der Waals surface area contributed by atoms with Crippen LogP contribution in [-0.4, -0.2) is 61.5 Å². The van der Waals surface area contributed by atoms with E-state index in [0.29, 0.717) is 13.0 Å². The highest BCUT2D eigenvalue weighted by Crippen LogP contribution is 2.48. The molecule has 1 aromatic heterocycles. The van der Waals surface area contributed by atoms with E-state index in [-0.39, 0.29) is 30.3 Å². The van der Waals surface area contributed by atoms with E-state index in [1.807, 2.05) is 71.5 Å². The van der Waals surface area contributed by atoms with Crippen molar-refractivity contribution >= 4 is 31.0 Å². The number of hydrogen-bond acceptors (Lipinski definition) is 7. The fourth-order valence-corrected chi connectivity index (χ4v) is 9.99. The van der Waals surface area contributed by atoms with Crippen molar-refractivity contribution in [3.63, 3.8) is 0 Å². The quantitative estimate of drug-likeness (QED) is 0.162. The van der Waals surface area contributed by atoms with E-state index in [0.717, 1.165) is 47.0 Å². The Bertz CT molecular complexity index is 1530. The lowest BCUT2D eigenvalue weighted by Gasteiger charge is -2.46. The minimum Gasteiger partial charge on any atom is -0.497 e. The molecule has 0 saturated carbocycles. The highest BCUT2D eigenvalue weighted by molar-refractivity contribution is 6.91. The number of ether oxygens (including phenoxy) is 3. The van der Waals surface area contributed by atoms with Gasteiger partial charge in [-0.1, -0.05) is 60.7 Å². The molecule has 0 aliphatic carbocycles. The number of rotatable bonds is 13. The number of nitrogens with zero attached hydrogens (tertiary/aromatic N) is 4. The summed E-state index contributed by atoms with van der Waals surface area (Å²) in [5.41, 5.74) is 3.46. The molecular weight excluding hydrogens is 572 g/mol. The number of amides is 1. The van der Waals surface area contributed by atoms with Gasteiger partial charge in [0, 0.05) is 55.7 Å². The average molecular weight is 615 g/mol. The van der Waals surface area contributed by atoms with Crippen molar-refractivity contribution in [2.24, 2.45) is 5.92 Å². The van der Waals surface area contributed by atoms with Gasteiger partial charge in [0.1, 0.15) is 17.6 Å². The normalized spacial score (nSPS) is 18.6. The predicted octanol–water partition coefficient (Wildman–Crippen LogP) is 5.28. The second-order valence-corrected chi connectivity index (χ2v) is 16.7. The molecule has 1 amide bonds. The highest BCUT2D eigenvalue weighted by Gasteiger charge is 2.47. The first kappa shape index (κ1) is 31.4. The van der Waals surface area contributed by atoms with Crippen molar-refractivity contribution in [2.75, 3.05) is 25.7 Å². The Morgan fingerprint density at radius 1 is 1.07 bits per heavy atom. The van der Waals surface area contributed by atoms with Crippen LogP contribution >= 0.6 is 0 Å². The first-order valence-corrected chi connectivity index (χ1v) is 18.2. The van der Waals surface area contributed by atoms with Crippen molar-refractivity contribution < 1.29 is 24.1 Å². The van der Waals surface area contributed by atoms with Crippen molar-refractivity contribution in [3.8, 4) is 11.5 Å². The molecule has 4 atom stereocenters. The highest BCUT2D eigenvalue weighted by atomic mass is 28.3. The fraction of sp³-hybridized carbons (Fsp3) is 0.382. The summed E-state index contributed by atoms with van der Waals surface area (Å²) in [5, 5.41) is 19.2. The zero-order valence-electron chi connectivity index (χ0n) is 26.1. The fourth-order valence-electron chi connectivity index (χ4n) is 6.49. The minimum atomic E-state index is -2.17. The lowest BCUT2D eigenvalue weighted by atomic mass is 9.86. The molecule has 0 bridgehead atoms. The van der Waals surface area contributed by atoms with E-state index in [1.165, 1.54) is 5.19 Å². The Morgan fingerprint density at radius 2 is 1.82 bits per heavy atom. The molecule has 0 radical (unpaired) electrons. The summed E-state index contributed by atoms with van der Waals surface area (Å²) in [5.74, 6) is 1.64. The molecule has 232 valence electrons. The van der Waals surface area contributed by atoms with Crippen molar-refractivity contribution in [1.82, 2.24) is 15.0 Å². The summed E-state index contributed by atoms with van der Waals surface area (Å²) in [7, 11) is 1.26. The van der Waals surface area contributed by atoms with Crippen LogP contribution in [0.25, 0.3) is 0 Å². The van der Waals surface area contributed by atoms with E-state index < -0.39 is 8.07 Å². The van der Waals surface area contributed by atoms with E-state index in [4.69, 9.17) is 14.2 Å². The van der Waals surface area contributed by atoms with Gasteiger partial charge in [-0.25, -0.2) is 0 Å². The van der Waals surface area contributed by atoms with Gasteiger partial charge in [-0.3, -0.25) is 14.4 Å². The van der Waals surface area contributed by atoms with Crippen LogP contribution in [0.1, 0.15) is 30.7 Å². The van der Waals surface area contributed by atoms with Crippen LogP contribution in [0.15, 0.2) is 79.0 Å². The Balaban J connectivity index is 1.50. The largest absolute Gasteiger partial charge is 0.497 e. The van der Waals surface area contributed by atoms with E-state index >= 15 is 0 Å². The minimum absolute atomic E-state index is 0.0277. The zero-order valence-corrected chi connectivity index (χ0v) is 27.1. The number of carbonyl (C=O) groups excluding carboxylic acids is 1. The summed E-state index contributed by atoms with van der Waals surface area (Å²) in [6, 6.07) is 23.9. The number of aryl methyl sites for hydroxylation is 1. The average Bonchev–Trinajstić information content (AvgIpc) is 3.49. The number of methoxy groups -OCH3 is 2. The molecule has 4 aromatic rings. The Kier molecular flexibility index (Phi) is 9.83. The van der Waals surface area contributed by atoms with Gasteiger partial charge in [0.15, 0.2) is 0 Å². The molecule has 0 spiro atoms. The van der Waals surface area contributed by atoms with Gasteiger partial charge in [0.05, 0.1) is 27.0 Å². The third kappa shape index (κ3) is 6.43. The predicted molar refractivity (Wildman–Crippen MR) is 174 cm³/mol. The summed E-state index contributed by atoms with van der Waals surface area (Å²) >= 11 is 0. The molecule has 1 unspecified atom stereocenters. The summed E-state index contributed by atoms with van der Waals surface area (Å²) < 4.78 is 20.4. The number of aliphatic hydroxyl groups is 1. The molecule has 1 aliphatic heterocycles. The maximum atomic E-state index is 12.2. The molecule has 2 heterocycles. The smallest absolute Gasteiger partial charge is 0.218 e. The number of aromatic nitrogens is 3. The zero-order chi connectivity index (χ0) is 31.3. The summed E-state index contributed by atoms with van der Waals surface area (Å²) in [4.78, 5) is 13.8. The number of para-hydroxylation sites is 1. The maximum Gasteiger partial charge on any atom is 0.218 e. The van der Waals surface area contributed by atoms with Gasteiger partial charge in [-0.2, -0.15) is 0 Å². The topological polar surface area (TPSA) is 98.9 Å². The Hall–Kier alpha value is -3.99. The number of benzene rings is 3. The second-order valence-electron chi connectivity index (χ2n) is 11.9. The molecule has 0 saturated heterocycles. The summed E-state index contributed by atoms with van der Waals surface area (Å²) in [6.07, 6.45) is 3.72.